The highest BCUT2D eigenvalue weighted by atomic mass is 32.2. The molecule has 0 aromatic carbocycles. The van der Waals surface area contributed by atoms with Crippen LogP contribution in [0.25, 0.3) is 11.2 Å². The van der Waals surface area contributed by atoms with Crippen molar-refractivity contribution in [2.45, 2.75) is 61.5 Å². The van der Waals surface area contributed by atoms with E-state index in [1.807, 2.05) is 6.26 Å². The smallest absolute Gasteiger partial charge is 0.405 e. The van der Waals surface area contributed by atoms with Gasteiger partial charge in [0.1, 0.15) is 36.7 Å². The van der Waals surface area contributed by atoms with Gasteiger partial charge in [0.15, 0.2) is 28.6 Å². The molecule has 0 bridgehead atoms. The molecule has 1 unspecified atom stereocenters. The number of aliphatic hydroxyl groups excluding tert-OH is 3. The first-order valence-electron chi connectivity index (χ1n) is 11.5. The predicted octanol–water partition coefficient (Wildman–Crippen LogP) is -2.04. The molecule has 1 aliphatic rings. The Morgan fingerprint density at radius 3 is 2.59 bits per heavy atom. The number of hydrogen-bond acceptors (Lipinski definition) is 15. The van der Waals surface area contributed by atoms with Crippen LogP contribution < -0.4 is 21.5 Å². The maximum atomic E-state index is 12.3. The van der Waals surface area contributed by atoms with Gasteiger partial charge in [-0.2, -0.15) is 11.8 Å². The molecule has 2 amide bonds. The maximum absolute atomic E-state index is 12.3. The largest absolute Gasteiger partial charge is 0.480 e. The van der Waals surface area contributed by atoms with Crippen molar-refractivity contribution in [3.63, 3.8) is 0 Å². The SMILES string of the molecule is CSCC[C@H](NSC(OC(N)=O)[C@H]1O[C@@H](n2cnc3c(NC(=O)[C@@H](N)[C@@H](C)O)ncnc32)[C@H](O)[C@@H]1O)C(=O)O. The van der Waals surface area contributed by atoms with Crippen LogP contribution in [0.5, 0.6) is 0 Å². The van der Waals surface area contributed by atoms with E-state index in [1.165, 1.54) is 29.6 Å². The average Bonchev–Trinajstić information content (AvgIpc) is 3.43. The second kappa shape index (κ2) is 13.5. The van der Waals surface area contributed by atoms with Crippen LogP contribution in [0.3, 0.4) is 0 Å². The fourth-order valence-electron chi connectivity index (χ4n) is 3.58. The monoisotopic (exact) mass is 590 g/mol. The zero-order valence-corrected chi connectivity index (χ0v) is 22.4. The molecule has 216 valence electrons. The zero-order chi connectivity index (χ0) is 28.9. The highest BCUT2D eigenvalue weighted by Gasteiger charge is 2.49. The van der Waals surface area contributed by atoms with Gasteiger partial charge in [0.25, 0.3) is 0 Å². The number of thioether (sulfide) groups is 1. The summed E-state index contributed by atoms with van der Waals surface area (Å²) in [5, 5.41) is 43.0. The molecule has 0 spiro atoms. The van der Waals surface area contributed by atoms with Crippen LogP contribution in [0.1, 0.15) is 19.6 Å². The van der Waals surface area contributed by atoms with Crippen LogP contribution in [0.15, 0.2) is 12.7 Å². The predicted molar refractivity (Wildman–Crippen MR) is 139 cm³/mol. The minimum atomic E-state index is -1.61. The van der Waals surface area contributed by atoms with Crippen molar-refractivity contribution in [1.29, 1.82) is 0 Å². The molecule has 3 rings (SSSR count). The summed E-state index contributed by atoms with van der Waals surface area (Å²) in [6.07, 6.45) is -3.75. The number of anilines is 1. The standard InChI is InChI=1S/C20H30N8O9S2/c1-7(29)9(21)16(32)26-14-10-15(24-5-23-14)28(6-25-10)17-12(31)11(30)13(36-17)19(37-20(22)35)39-27-8(18(33)34)3-4-38-2/h5-9,11-13,17,19,27,29-31H,3-4,21H2,1-2H3,(H2,22,35)(H,33,34)(H,23,24,26,32)/t7-,8+,9+,11+,12-,13+,17-,19?/m1/s1. The van der Waals surface area contributed by atoms with E-state index >= 15 is 0 Å². The highest BCUT2D eigenvalue weighted by molar-refractivity contribution is 7.98. The quantitative estimate of drug-likeness (QED) is 0.0921. The highest BCUT2D eigenvalue weighted by Crippen LogP contribution is 2.36. The fraction of sp³-hybridized carbons (Fsp3) is 0.600. The molecular formula is C20H30N8O9S2. The van der Waals surface area contributed by atoms with Gasteiger partial charge in [-0.05, 0) is 37.3 Å². The van der Waals surface area contributed by atoms with Gasteiger partial charge in [-0.25, -0.2) is 24.5 Å². The lowest BCUT2D eigenvalue weighted by Crippen LogP contribution is -2.43. The van der Waals surface area contributed by atoms with Crippen LogP contribution in [-0.2, 0) is 19.1 Å². The molecule has 0 radical (unpaired) electrons. The number of aromatic nitrogens is 4. The first-order chi connectivity index (χ1) is 18.5. The molecule has 2 aromatic heterocycles. The van der Waals surface area contributed by atoms with Gasteiger partial charge in [0, 0.05) is 0 Å². The molecular weight excluding hydrogens is 560 g/mol. The number of nitrogens with zero attached hydrogens (tertiary/aromatic N) is 4. The number of primary amides is 1. The molecule has 1 aliphatic heterocycles. The number of carboxylic acids is 1. The number of aliphatic hydroxyl groups is 3. The van der Waals surface area contributed by atoms with Gasteiger partial charge in [0.2, 0.25) is 5.91 Å². The second-order valence-corrected chi connectivity index (χ2v) is 10.4. The molecule has 3 heterocycles. The number of carboxylic acid groups (broad SMARTS) is 1. The van der Waals surface area contributed by atoms with Gasteiger partial charge in [0.05, 0.1) is 12.4 Å². The van der Waals surface area contributed by atoms with Gasteiger partial charge >= 0.3 is 12.1 Å². The summed E-state index contributed by atoms with van der Waals surface area (Å²) in [5.41, 5.74) is 9.67. The number of rotatable bonds is 13. The first kappa shape index (κ1) is 30.8. The number of fused-ring (bicyclic) bond motifs is 1. The fourth-order valence-corrected chi connectivity index (χ4v) is 5.07. The van der Waals surface area contributed by atoms with Crippen LogP contribution in [-0.4, -0.2) is 112 Å². The summed E-state index contributed by atoms with van der Waals surface area (Å²) in [6, 6.07) is -2.24. The molecule has 1 fully saturated rings. The van der Waals surface area contributed by atoms with Gasteiger partial charge in [-0.15, -0.1) is 0 Å². The molecule has 0 saturated carbocycles. The Bertz CT molecular complexity index is 1170. The van der Waals surface area contributed by atoms with Gasteiger partial charge < -0.3 is 46.7 Å². The van der Waals surface area contributed by atoms with E-state index in [4.69, 9.17) is 20.9 Å². The second-order valence-electron chi connectivity index (χ2n) is 8.49. The Balaban J connectivity index is 1.83. The van der Waals surface area contributed by atoms with Crippen LogP contribution in [0.2, 0.25) is 0 Å². The van der Waals surface area contributed by atoms with E-state index in [1.54, 1.807) is 0 Å². The number of hydrogen-bond donors (Lipinski definition) is 8. The van der Waals surface area contributed by atoms with Crippen LogP contribution >= 0.6 is 23.7 Å². The summed E-state index contributed by atoms with van der Waals surface area (Å²) in [7, 11) is 0. The van der Waals surface area contributed by atoms with Gasteiger partial charge in [-0.1, -0.05) is 0 Å². The zero-order valence-electron chi connectivity index (χ0n) is 20.8. The van der Waals surface area contributed by atoms with Crippen molar-refractivity contribution in [2.75, 3.05) is 17.3 Å². The third-order valence-corrected chi connectivity index (χ3v) is 7.37. The van der Waals surface area contributed by atoms with E-state index < -0.39 is 66.1 Å². The Morgan fingerprint density at radius 1 is 1.26 bits per heavy atom. The summed E-state index contributed by atoms with van der Waals surface area (Å²) in [5.74, 6) is -1.34. The third kappa shape index (κ3) is 7.25. The summed E-state index contributed by atoms with van der Waals surface area (Å²) in [6.45, 7) is 1.35. The number of nitrogens with one attached hydrogen (secondary N) is 2. The van der Waals surface area contributed by atoms with E-state index in [0.29, 0.717) is 17.7 Å². The Labute approximate surface area is 230 Å². The molecule has 19 heteroatoms. The van der Waals surface area contributed by atoms with Crippen LogP contribution in [0.4, 0.5) is 10.6 Å². The third-order valence-electron chi connectivity index (χ3n) is 5.71. The van der Waals surface area contributed by atoms with Crippen molar-refractivity contribution in [2.24, 2.45) is 11.5 Å². The normalized spacial score (nSPS) is 24.2. The Morgan fingerprint density at radius 2 is 1.97 bits per heavy atom. The molecule has 0 aliphatic carbocycles. The van der Waals surface area contributed by atoms with E-state index in [2.05, 4.69) is 25.0 Å². The van der Waals surface area contributed by atoms with Crippen molar-refractivity contribution < 1.29 is 44.3 Å². The average molecular weight is 591 g/mol. The van der Waals surface area contributed by atoms with Crippen molar-refractivity contribution in [3.8, 4) is 0 Å². The lowest BCUT2D eigenvalue weighted by Gasteiger charge is -2.25. The summed E-state index contributed by atoms with van der Waals surface area (Å²) < 4.78 is 14.9. The lowest BCUT2D eigenvalue weighted by atomic mass is 10.1. The van der Waals surface area contributed by atoms with Crippen molar-refractivity contribution in [1.82, 2.24) is 24.2 Å². The number of carbonyl (C=O) groups is 3. The van der Waals surface area contributed by atoms with E-state index in [0.717, 1.165) is 6.33 Å². The van der Waals surface area contributed by atoms with Crippen molar-refractivity contribution >= 4 is 58.7 Å². The van der Waals surface area contributed by atoms with E-state index in [9.17, 15) is 34.8 Å². The number of ether oxygens (including phenoxy) is 2. The first-order valence-corrected chi connectivity index (χ1v) is 13.8. The number of carbonyl (C=O) groups excluding carboxylic acids is 2. The maximum Gasteiger partial charge on any atom is 0.405 e. The minimum Gasteiger partial charge on any atom is -0.480 e. The summed E-state index contributed by atoms with van der Waals surface area (Å²) >= 11 is 2.12. The molecule has 39 heavy (non-hydrogen) atoms. The molecule has 10 N–H and O–H groups in total. The van der Waals surface area contributed by atoms with Crippen molar-refractivity contribution in [3.05, 3.63) is 12.7 Å². The Kier molecular flexibility index (Phi) is 10.7. The number of amides is 2. The number of aliphatic carboxylic acids is 1. The van der Waals surface area contributed by atoms with Crippen LogP contribution in [0, 0.1) is 0 Å². The van der Waals surface area contributed by atoms with Gasteiger partial charge in [-0.3, -0.25) is 14.2 Å². The number of nitrogens with two attached hydrogens (primary N) is 2. The molecule has 8 atom stereocenters. The number of imidazole rings is 1. The minimum absolute atomic E-state index is 0.0240. The Hall–Kier alpha value is -2.78. The summed E-state index contributed by atoms with van der Waals surface area (Å²) in [4.78, 5) is 47.7. The molecule has 2 aromatic rings. The lowest BCUT2D eigenvalue weighted by molar-refractivity contribution is -0.139. The molecule has 1 saturated heterocycles. The topological polar surface area (TPSA) is 270 Å². The molecule has 17 nitrogen and oxygen atoms in total. The van der Waals surface area contributed by atoms with E-state index in [-0.39, 0.29) is 23.4 Å².